The van der Waals surface area contributed by atoms with E-state index in [1.165, 1.54) is 16.7 Å². The van der Waals surface area contributed by atoms with Crippen LogP contribution in [0.4, 0.5) is 5.69 Å². The van der Waals surface area contributed by atoms with E-state index in [1.807, 2.05) is 18.2 Å². The first-order valence-electron chi connectivity index (χ1n) is 20.1. The van der Waals surface area contributed by atoms with E-state index >= 15 is 0 Å². The molecule has 0 N–H and O–H groups in total. The Morgan fingerprint density at radius 3 is 1.19 bits per heavy atom. The van der Waals surface area contributed by atoms with Crippen LogP contribution in [-0.2, 0) is 0 Å². The Balaban J connectivity index is 1.23. The van der Waals surface area contributed by atoms with Crippen molar-refractivity contribution in [1.29, 1.82) is 0 Å². The molecule has 0 atom stereocenters. The summed E-state index contributed by atoms with van der Waals surface area (Å²) in [6.07, 6.45) is 0. The standard InChI is InChI=1S/C57H42N2/c1-41(50-36-51(43-23-10-3-11-24-43)38-52(37-50)49-34-20-33-48(35-49)42-21-8-2-9-22-42)58-57(47-31-18-7-19-32-47)59-53-39-54(44-25-12-4-13-26-44)56(46-29-16-6-17-30-46)55(40-53)45-27-14-5-15-28-45/h2-40H,1H3/b58-41+,59-57-. The van der Waals surface area contributed by atoms with Crippen LogP contribution in [0.15, 0.2) is 247 Å². The second kappa shape index (κ2) is 17.2. The molecule has 9 aromatic rings. The van der Waals surface area contributed by atoms with Crippen molar-refractivity contribution in [3.05, 3.63) is 248 Å². The van der Waals surface area contributed by atoms with Crippen LogP contribution >= 0.6 is 0 Å². The highest BCUT2D eigenvalue weighted by atomic mass is 14.9. The van der Waals surface area contributed by atoms with Gasteiger partial charge in [-0.05, 0) is 116 Å². The zero-order valence-electron chi connectivity index (χ0n) is 32.9. The monoisotopic (exact) mass is 754 g/mol. The molecule has 2 heteroatoms. The molecule has 0 bridgehead atoms. The van der Waals surface area contributed by atoms with Crippen LogP contribution in [0, 0.1) is 0 Å². The van der Waals surface area contributed by atoms with Crippen molar-refractivity contribution in [2.45, 2.75) is 6.92 Å². The minimum Gasteiger partial charge on any atom is -0.233 e. The van der Waals surface area contributed by atoms with Gasteiger partial charge < -0.3 is 0 Å². The van der Waals surface area contributed by atoms with E-state index in [9.17, 15) is 0 Å². The normalized spacial score (nSPS) is 11.7. The Labute approximate surface area is 347 Å². The summed E-state index contributed by atoms with van der Waals surface area (Å²) in [6, 6.07) is 83.3. The lowest BCUT2D eigenvalue weighted by molar-refractivity contribution is 1.43. The summed E-state index contributed by atoms with van der Waals surface area (Å²) < 4.78 is 0. The third-order valence-corrected chi connectivity index (χ3v) is 10.7. The van der Waals surface area contributed by atoms with Gasteiger partial charge in [0.1, 0.15) is 0 Å². The molecule has 0 saturated carbocycles. The van der Waals surface area contributed by atoms with Crippen molar-refractivity contribution in [3.8, 4) is 66.8 Å². The highest BCUT2D eigenvalue weighted by molar-refractivity contribution is 6.13. The number of hydrogen-bond acceptors (Lipinski definition) is 1. The summed E-state index contributed by atoms with van der Waals surface area (Å²) >= 11 is 0. The molecule has 0 fully saturated rings. The highest BCUT2D eigenvalue weighted by Gasteiger charge is 2.17. The van der Waals surface area contributed by atoms with E-state index in [0.29, 0.717) is 5.84 Å². The molecular weight excluding hydrogens is 713 g/mol. The number of rotatable bonds is 9. The van der Waals surface area contributed by atoms with Crippen molar-refractivity contribution in [3.63, 3.8) is 0 Å². The maximum Gasteiger partial charge on any atom is 0.160 e. The first-order valence-corrected chi connectivity index (χ1v) is 20.1. The van der Waals surface area contributed by atoms with Gasteiger partial charge in [-0.1, -0.05) is 200 Å². The molecule has 0 aliphatic carbocycles. The summed E-state index contributed by atoms with van der Waals surface area (Å²) in [5, 5.41) is 0. The van der Waals surface area contributed by atoms with Gasteiger partial charge in [0.2, 0.25) is 0 Å². The quantitative estimate of drug-likeness (QED) is 0.104. The maximum atomic E-state index is 5.44. The topological polar surface area (TPSA) is 24.7 Å². The fourth-order valence-corrected chi connectivity index (χ4v) is 7.69. The van der Waals surface area contributed by atoms with Gasteiger partial charge in [0.15, 0.2) is 5.84 Å². The summed E-state index contributed by atoms with van der Waals surface area (Å²) in [6.45, 7) is 2.09. The van der Waals surface area contributed by atoms with Crippen molar-refractivity contribution < 1.29 is 0 Å². The molecule has 9 aromatic carbocycles. The Bertz CT molecular complexity index is 2820. The van der Waals surface area contributed by atoms with Crippen LogP contribution < -0.4 is 0 Å². The third kappa shape index (κ3) is 8.39. The van der Waals surface area contributed by atoms with Crippen molar-refractivity contribution in [1.82, 2.24) is 0 Å². The summed E-state index contributed by atoms with van der Waals surface area (Å²) in [5.74, 6) is 0.645. The Hall–Kier alpha value is -7.68. The minimum atomic E-state index is 0.645. The van der Waals surface area contributed by atoms with E-state index in [0.717, 1.165) is 72.6 Å². The van der Waals surface area contributed by atoms with Crippen LogP contribution in [-0.4, -0.2) is 11.5 Å². The van der Waals surface area contributed by atoms with Crippen LogP contribution in [0.5, 0.6) is 0 Å². The third-order valence-electron chi connectivity index (χ3n) is 10.7. The zero-order valence-corrected chi connectivity index (χ0v) is 32.9. The molecule has 0 saturated heterocycles. The van der Waals surface area contributed by atoms with E-state index in [1.54, 1.807) is 0 Å². The number of amidine groups is 1. The average molecular weight is 755 g/mol. The molecule has 2 nitrogen and oxygen atoms in total. The van der Waals surface area contributed by atoms with Crippen LogP contribution in [0.3, 0.4) is 0 Å². The lowest BCUT2D eigenvalue weighted by atomic mass is 9.87. The molecule has 0 radical (unpaired) electrons. The van der Waals surface area contributed by atoms with Gasteiger partial charge in [-0.15, -0.1) is 0 Å². The van der Waals surface area contributed by atoms with E-state index in [4.69, 9.17) is 9.98 Å². The smallest absolute Gasteiger partial charge is 0.160 e. The molecule has 9 rings (SSSR count). The van der Waals surface area contributed by atoms with Crippen LogP contribution in [0.25, 0.3) is 66.8 Å². The minimum absolute atomic E-state index is 0.645. The lowest BCUT2D eigenvalue weighted by Gasteiger charge is -2.18. The number of aliphatic imine (C=N–C) groups is 2. The Morgan fingerprint density at radius 1 is 0.305 bits per heavy atom. The number of hydrogen-bond donors (Lipinski definition) is 0. The maximum absolute atomic E-state index is 5.44. The highest BCUT2D eigenvalue weighted by Crippen LogP contribution is 2.43. The molecule has 0 aromatic heterocycles. The van der Waals surface area contributed by atoms with Crippen molar-refractivity contribution in [2.75, 3.05) is 0 Å². The first kappa shape index (κ1) is 36.9. The summed E-state index contributed by atoms with van der Waals surface area (Å²) in [5.41, 5.74) is 17.4. The molecule has 0 aliphatic heterocycles. The predicted molar refractivity (Wildman–Crippen MR) is 250 cm³/mol. The van der Waals surface area contributed by atoms with Crippen molar-refractivity contribution >= 4 is 17.2 Å². The average Bonchev–Trinajstić information content (AvgIpc) is 3.32. The lowest BCUT2D eigenvalue weighted by Crippen LogP contribution is -2.04. The fraction of sp³-hybridized carbons (Fsp3) is 0.0175. The summed E-state index contributed by atoms with van der Waals surface area (Å²) in [7, 11) is 0. The molecule has 0 spiro atoms. The van der Waals surface area contributed by atoms with Gasteiger partial charge in [0.05, 0.1) is 5.69 Å². The molecule has 0 unspecified atom stereocenters. The fourth-order valence-electron chi connectivity index (χ4n) is 7.69. The van der Waals surface area contributed by atoms with Gasteiger partial charge >= 0.3 is 0 Å². The number of nitrogens with zero attached hydrogens (tertiary/aromatic N) is 2. The molecular formula is C57H42N2. The molecule has 0 amide bonds. The first-order chi connectivity index (χ1) is 29.2. The summed E-state index contributed by atoms with van der Waals surface area (Å²) in [4.78, 5) is 10.8. The Morgan fingerprint density at radius 2 is 0.678 bits per heavy atom. The second-order valence-corrected chi connectivity index (χ2v) is 14.6. The molecule has 280 valence electrons. The SMILES string of the molecule is C/C(=N\C(=N/c1cc(-c2ccccc2)c(-c2ccccc2)c(-c2ccccc2)c1)c1ccccc1)c1cc(-c2ccccc2)cc(-c2cccc(-c3ccccc3)c2)c1. The van der Waals surface area contributed by atoms with E-state index < -0.39 is 0 Å². The van der Waals surface area contributed by atoms with Gasteiger partial charge in [-0.25, -0.2) is 9.98 Å². The van der Waals surface area contributed by atoms with Gasteiger partial charge in [0.25, 0.3) is 0 Å². The Kier molecular flexibility index (Phi) is 10.8. The van der Waals surface area contributed by atoms with Gasteiger partial charge in [-0.3, -0.25) is 0 Å². The molecule has 59 heavy (non-hydrogen) atoms. The second-order valence-electron chi connectivity index (χ2n) is 14.6. The van der Waals surface area contributed by atoms with E-state index in [-0.39, 0.29) is 0 Å². The van der Waals surface area contributed by atoms with Crippen LogP contribution in [0.1, 0.15) is 18.1 Å². The van der Waals surface area contributed by atoms with Gasteiger partial charge in [-0.2, -0.15) is 0 Å². The van der Waals surface area contributed by atoms with Gasteiger partial charge in [0, 0.05) is 11.3 Å². The molecule has 0 heterocycles. The zero-order chi connectivity index (χ0) is 39.8. The number of benzene rings is 9. The van der Waals surface area contributed by atoms with Crippen molar-refractivity contribution in [2.24, 2.45) is 9.98 Å². The van der Waals surface area contributed by atoms with E-state index in [2.05, 4.69) is 225 Å². The largest absolute Gasteiger partial charge is 0.233 e. The van der Waals surface area contributed by atoms with Crippen LogP contribution in [0.2, 0.25) is 0 Å². The predicted octanol–water partition coefficient (Wildman–Crippen LogP) is 15.3. The molecule has 0 aliphatic rings.